The van der Waals surface area contributed by atoms with Crippen molar-refractivity contribution in [3.63, 3.8) is 0 Å². The van der Waals surface area contributed by atoms with Crippen molar-refractivity contribution in [3.05, 3.63) is 71.8 Å². The van der Waals surface area contributed by atoms with Crippen LogP contribution in [0.25, 0.3) is 0 Å². The van der Waals surface area contributed by atoms with Crippen LogP contribution < -0.4 is 0 Å². The Labute approximate surface area is 249 Å². The number of carbonyl (C=O) groups is 2. The number of carbonyl (C=O) groups excluding carboxylic acids is 2. The van der Waals surface area contributed by atoms with E-state index in [1.54, 1.807) is 23.6 Å². The molecule has 2 heterocycles. The van der Waals surface area contributed by atoms with Crippen LogP contribution in [-0.2, 0) is 37.0 Å². The average molecular weight is 605 g/mol. The van der Waals surface area contributed by atoms with Gasteiger partial charge in [0.15, 0.2) is 0 Å². The van der Waals surface area contributed by atoms with Crippen LogP contribution in [0.3, 0.4) is 0 Å². The molecule has 1 N–H and O–H groups in total. The molecule has 0 saturated carbocycles. The number of likely N-dealkylation sites (tertiary alicyclic amines) is 2. The van der Waals surface area contributed by atoms with Crippen LogP contribution in [-0.4, -0.2) is 80.2 Å². The molecule has 2 amide bonds. The average Bonchev–Trinajstić information content (AvgIpc) is 2.99. The van der Waals surface area contributed by atoms with Gasteiger partial charge >= 0.3 is 12.2 Å². The zero-order chi connectivity index (χ0) is 30.5. The first-order chi connectivity index (χ1) is 20.0. The van der Waals surface area contributed by atoms with Crippen LogP contribution in [0.1, 0.15) is 50.7 Å². The molecular formula is C31H44N2O8S. The molecule has 4 atom stereocenters. The maximum Gasteiger partial charge on any atom is 0.410 e. The molecular weight excluding hydrogens is 560 g/mol. The molecule has 2 aliphatic rings. The molecule has 0 spiro atoms. The van der Waals surface area contributed by atoms with Gasteiger partial charge in [0.1, 0.15) is 13.2 Å². The van der Waals surface area contributed by atoms with Gasteiger partial charge < -0.3 is 24.4 Å². The minimum atomic E-state index is -3.49. The molecule has 0 unspecified atom stereocenters. The van der Waals surface area contributed by atoms with Gasteiger partial charge in [-0.1, -0.05) is 60.7 Å². The van der Waals surface area contributed by atoms with Gasteiger partial charge in [-0.15, -0.1) is 0 Å². The number of amides is 2. The maximum absolute atomic E-state index is 12.2. The largest absolute Gasteiger partial charge is 0.445 e. The first-order valence-corrected chi connectivity index (χ1v) is 16.3. The van der Waals surface area contributed by atoms with Crippen LogP contribution in [0.5, 0.6) is 0 Å². The van der Waals surface area contributed by atoms with E-state index in [1.165, 1.54) is 0 Å². The third-order valence-electron chi connectivity index (χ3n) is 7.52. The zero-order valence-corrected chi connectivity index (χ0v) is 25.6. The zero-order valence-electron chi connectivity index (χ0n) is 24.8. The molecule has 10 nitrogen and oxygen atoms in total. The van der Waals surface area contributed by atoms with Crippen LogP contribution in [0.4, 0.5) is 9.59 Å². The summed E-state index contributed by atoms with van der Waals surface area (Å²) in [6.45, 7) is 6.42. The maximum atomic E-state index is 12.2. The predicted octanol–water partition coefficient (Wildman–Crippen LogP) is 4.82. The summed E-state index contributed by atoms with van der Waals surface area (Å²) in [5, 5.41) is 9.61. The molecule has 2 fully saturated rings. The second-order valence-electron chi connectivity index (χ2n) is 11.0. The Kier molecular flexibility index (Phi) is 13.1. The Morgan fingerprint density at radius 3 is 1.67 bits per heavy atom. The Balaban J connectivity index is 0.000000235. The summed E-state index contributed by atoms with van der Waals surface area (Å²) in [5.41, 5.74) is 1.92. The molecule has 4 rings (SSSR count). The molecule has 42 heavy (non-hydrogen) atoms. The highest BCUT2D eigenvalue weighted by molar-refractivity contribution is 7.86. The van der Waals surface area contributed by atoms with Crippen LogP contribution >= 0.6 is 0 Å². The highest BCUT2D eigenvalue weighted by Crippen LogP contribution is 2.23. The highest BCUT2D eigenvalue weighted by Gasteiger charge is 2.30. The Morgan fingerprint density at radius 2 is 1.24 bits per heavy atom. The van der Waals surface area contributed by atoms with E-state index in [-0.39, 0.29) is 36.7 Å². The molecule has 11 heteroatoms. The fraction of sp³-hybridized carbons (Fsp3) is 0.548. The van der Waals surface area contributed by atoms with Crippen molar-refractivity contribution in [3.8, 4) is 0 Å². The first kappa shape index (κ1) is 33.4. The summed E-state index contributed by atoms with van der Waals surface area (Å²) in [4.78, 5) is 27.5. The predicted molar refractivity (Wildman–Crippen MR) is 159 cm³/mol. The van der Waals surface area contributed by atoms with E-state index >= 15 is 0 Å². The molecule has 0 radical (unpaired) electrons. The molecule has 2 saturated heterocycles. The second kappa shape index (κ2) is 16.5. The first-order valence-electron chi connectivity index (χ1n) is 14.5. The van der Waals surface area contributed by atoms with E-state index in [9.17, 15) is 23.1 Å². The summed E-state index contributed by atoms with van der Waals surface area (Å²) < 4.78 is 38.1. The lowest BCUT2D eigenvalue weighted by molar-refractivity contribution is 0.0449. The van der Waals surface area contributed by atoms with Crippen LogP contribution in [0.2, 0.25) is 0 Å². The number of hydrogen-bond donors (Lipinski definition) is 1. The van der Waals surface area contributed by atoms with Gasteiger partial charge in [-0.2, -0.15) is 8.42 Å². The van der Waals surface area contributed by atoms with E-state index in [2.05, 4.69) is 0 Å². The summed E-state index contributed by atoms with van der Waals surface area (Å²) in [6.07, 6.45) is 3.11. The second-order valence-corrected chi connectivity index (χ2v) is 12.6. The molecule has 2 aromatic rings. The van der Waals surface area contributed by atoms with Crippen molar-refractivity contribution in [1.82, 2.24) is 9.80 Å². The fourth-order valence-corrected chi connectivity index (χ4v) is 5.81. The minimum absolute atomic E-state index is 0.0113. The number of aliphatic hydroxyl groups excluding tert-OH is 1. The van der Waals surface area contributed by atoms with E-state index in [4.69, 9.17) is 13.7 Å². The number of rotatable bonds is 8. The summed E-state index contributed by atoms with van der Waals surface area (Å²) in [6, 6.07) is 19.1. The Morgan fingerprint density at radius 1 is 0.810 bits per heavy atom. The standard InChI is InChI=1S/C16H23NO5S.C15H21NO3/c1-13(22-23(2,19)20)15-9-6-10-17(11-15)16(18)21-12-14-7-4-3-5-8-14;1-12(17)14-8-5-9-16(10-14)15(18)19-11-13-6-3-2-4-7-13/h3-5,7-8,13,15H,6,9-12H2,1-2H3;2-4,6-7,12,14,17H,5,8-11H2,1H3/t13-,15-;12-,14-/m00/s1. The van der Waals surface area contributed by atoms with E-state index in [0.717, 1.165) is 49.6 Å². The van der Waals surface area contributed by atoms with Crippen molar-refractivity contribution in [2.45, 2.75) is 65.0 Å². The van der Waals surface area contributed by atoms with Gasteiger partial charge in [-0.25, -0.2) is 9.59 Å². The van der Waals surface area contributed by atoms with Crippen LogP contribution in [0.15, 0.2) is 60.7 Å². The van der Waals surface area contributed by atoms with E-state index < -0.39 is 16.2 Å². The van der Waals surface area contributed by atoms with Crippen molar-refractivity contribution in [1.29, 1.82) is 0 Å². The number of aliphatic hydroxyl groups is 1. The van der Waals surface area contributed by atoms with Gasteiger partial charge in [0.2, 0.25) is 0 Å². The van der Waals surface area contributed by atoms with Crippen molar-refractivity contribution < 1.29 is 36.8 Å². The van der Waals surface area contributed by atoms with Gasteiger partial charge in [0.05, 0.1) is 18.5 Å². The third-order valence-corrected chi connectivity index (χ3v) is 8.17. The van der Waals surface area contributed by atoms with Crippen molar-refractivity contribution >= 4 is 22.3 Å². The van der Waals surface area contributed by atoms with E-state index in [1.807, 2.05) is 60.7 Å². The van der Waals surface area contributed by atoms with Gasteiger partial charge in [0.25, 0.3) is 10.1 Å². The number of piperidine rings is 2. The lowest BCUT2D eigenvalue weighted by Gasteiger charge is -2.34. The summed E-state index contributed by atoms with van der Waals surface area (Å²) in [7, 11) is -3.49. The highest BCUT2D eigenvalue weighted by atomic mass is 32.2. The molecule has 232 valence electrons. The quantitative estimate of drug-likeness (QED) is 0.426. The number of nitrogens with zero attached hydrogens (tertiary/aromatic N) is 2. The van der Waals surface area contributed by atoms with E-state index in [0.29, 0.717) is 26.2 Å². The molecule has 0 bridgehead atoms. The van der Waals surface area contributed by atoms with Gasteiger partial charge in [-0.3, -0.25) is 4.18 Å². The topological polar surface area (TPSA) is 123 Å². The molecule has 2 aliphatic heterocycles. The minimum Gasteiger partial charge on any atom is -0.445 e. The Bertz CT molecular complexity index is 1210. The number of hydrogen-bond acceptors (Lipinski definition) is 8. The third kappa shape index (κ3) is 11.6. The molecule has 0 aliphatic carbocycles. The monoisotopic (exact) mass is 604 g/mol. The summed E-state index contributed by atoms with van der Waals surface area (Å²) >= 11 is 0. The smallest absolute Gasteiger partial charge is 0.410 e. The number of ether oxygens (including phenoxy) is 2. The molecule has 2 aromatic carbocycles. The van der Waals surface area contributed by atoms with Crippen molar-refractivity contribution in [2.75, 3.05) is 32.4 Å². The molecule has 0 aromatic heterocycles. The fourth-order valence-electron chi connectivity index (χ4n) is 5.10. The van der Waals surface area contributed by atoms with Crippen LogP contribution in [0, 0.1) is 11.8 Å². The lowest BCUT2D eigenvalue weighted by atomic mass is 9.94. The van der Waals surface area contributed by atoms with Gasteiger partial charge in [-0.05, 0) is 50.7 Å². The lowest BCUT2D eigenvalue weighted by Crippen LogP contribution is -2.44. The normalized spacial score (nSPS) is 20.5. The van der Waals surface area contributed by atoms with Gasteiger partial charge in [0, 0.05) is 38.0 Å². The Hall–Kier alpha value is -3.15. The summed E-state index contributed by atoms with van der Waals surface area (Å²) in [5.74, 6) is 0.153. The SMILES string of the molecule is C[C@H](O)[C@H]1CCCN(C(=O)OCc2ccccc2)C1.C[C@H](OS(C)(=O)=O)[C@H]1CCCN(C(=O)OCc2ccccc2)C1. The van der Waals surface area contributed by atoms with Crippen molar-refractivity contribution in [2.24, 2.45) is 11.8 Å². The number of benzene rings is 2.